The summed E-state index contributed by atoms with van der Waals surface area (Å²) in [6, 6.07) is 7.76. The number of aromatic nitrogens is 2. The standard InChI is InChI=1S/C19H24N4O/c1-5-22(4)18-16-12-23(11-10-17(16)20-14(3)21-18)19(24)15-9-7-6-8-13(15)2/h6-9H,5,10-12H2,1-4H3. The molecule has 0 unspecified atom stereocenters. The lowest BCUT2D eigenvalue weighted by Crippen LogP contribution is -2.38. The lowest BCUT2D eigenvalue weighted by Gasteiger charge is -2.31. The van der Waals surface area contributed by atoms with Crippen LogP contribution in [-0.4, -0.2) is 40.9 Å². The quantitative estimate of drug-likeness (QED) is 0.871. The van der Waals surface area contributed by atoms with Gasteiger partial charge in [-0.25, -0.2) is 9.97 Å². The van der Waals surface area contributed by atoms with Gasteiger partial charge in [-0.3, -0.25) is 4.79 Å². The lowest BCUT2D eigenvalue weighted by molar-refractivity contribution is 0.0733. The summed E-state index contributed by atoms with van der Waals surface area (Å²) in [6.45, 7) is 8.15. The van der Waals surface area contributed by atoms with E-state index in [1.54, 1.807) is 0 Å². The Morgan fingerprint density at radius 1 is 1.25 bits per heavy atom. The molecule has 1 aromatic carbocycles. The Balaban J connectivity index is 1.94. The minimum atomic E-state index is 0.0874. The molecule has 0 saturated heterocycles. The zero-order chi connectivity index (χ0) is 17.3. The van der Waals surface area contributed by atoms with Crippen molar-refractivity contribution in [1.29, 1.82) is 0 Å². The number of rotatable bonds is 3. The van der Waals surface area contributed by atoms with Crippen molar-refractivity contribution in [3.63, 3.8) is 0 Å². The van der Waals surface area contributed by atoms with Crippen molar-refractivity contribution in [2.24, 2.45) is 0 Å². The maximum Gasteiger partial charge on any atom is 0.254 e. The molecular weight excluding hydrogens is 300 g/mol. The maximum atomic E-state index is 12.9. The summed E-state index contributed by atoms with van der Waals surface area (Å²) in [6.07, 6.45) is 0.779. The number of carbonyl (C=O) groups is 1. The number of carbonyl (C=O) groups excluding carboxylic acids is 1. The Hall–Kier alpha value is -2.43. The molecule has 1 aromatic heterocycles. The second-order valence-corrected chi connectivity index (χ2v) is 6.33. The van der Waals surface area contributed by atoms with Gasteiger partial charge < -0.3 is 9.80 Å². The zero-order valence-corrected chi connectivity index (χ0v) is 14.8. The van der Waals surface area contributed by atoms with Crippen LogP contribution < -0.4 is 4.90 Å². The highest BCUT2D eigenvalue weighted by molar-refractivity contribution is 5.95. The Morgan fingerprint density at radius 3 is 2.71 bits per heavy atom. The second kappa shape index (κ2) is 6.59. The molecule has 2 heterocycles. The molecule has 0 fully saturated rings. The largest absolute Gasteiger partial charge is 0.360 e. The average molecular weight is 324 g/mol. The summed E-state index contributed by atoms with van der Waals surface area (Å²) in [5, 5.41) is 0. The van der Waals surface area contributed by atoms with Crippen molar-refractivity contribution in [2.75, 3.05) is 25.0 Å². The Labute approximate surface area is 143 Å². The van der Waals surface area contributed by atoms with E-state index in [0.29, 0.717) is 13.1 Å². The molecule has 0 aliphatic carbocycles. The fourth-order valence-corrected chi connectivity index (χ4v) is 3.14. The fraction of sp³-hybridized carbons (Fsp3) is 0.421. The summed E-state index contributed by atoms with van der Waals surface area (Å²) in [7, 11) is 2.03. The highest BCUT2D eigenvalue weighted by Gasteiger charge is 2.27. The molecular formula is C19H24N4O. The van der Waals surface area contributed by atoms with Gasteiger partial charge in [-0.2, -0.15) is 0 Å². The van der Waals surface area contributed by atoms with Crippen LogP contribution in [0.25, 0.3) is 0 Å². The third kappa shape index (κ3) is 2.98. The molecule has 1 aliphatic rings. The topological polar surface area (TPSA) is 49.3 Å². The van der Waals surface area contributed by atoms with E-state index in [2.05, 4.69) is 21.8 Å². The van der Waals surface area contributed by atoms with Gasteiger partial charge in [0.1, 0.15) is 11.6 Å². The van der Waals surface area contributed by atoms with Crippen molar-refractivity contribution < 1.29 is 4.79 Å². The third-order valence-corrected chi connectivity index (χ3v) is 4.65. The van der Waals surface area contributed by atoms with Crippen molar-refractivity contribution in [3.8, 4) is 0 Å². The molecule has 2 aromatic rings. The summed E-state index contributed by atoms with van der Waals surface area (Å²) >= 11 is 0. The molecule has 0 saturated carbocycles. The molecule has 126 valence electrons. The van der Waals surface area contributed by atoms with Gasteiger partial charge in [0.25, 0.3) is 5.91 Å². The first-order valence-electron chi connectivity index (χ1n) is 8.43. The molecule has 0 N–H and O–H groups in total. The Morgan fingerprint density at radius 2 is 2.00 bits per heavy atom. The molecule has 5 nitrogen and oxygen atoms in total. The molecule has 3 rings (SSSR count). The number of anilines is 1. The van der Waals surface area contributed by atoms with Crippen molar-refractivity contribution >= 4 is 11.7 Å². The molecule has 24 heavy (non-hydrogen) atoms. The van der Waals surface area contributed by atoms with Crippen molar-refractivity contribution in [1.82, 2.24) is 14.9 Å². The number of fused-ring (bicyclic) bond motifs is 1. The molecule has 5 heteroatoms. The van der Waals surface area contributed by atoms with Crippen molar-refractivity contribution in [3.05, 3.63) is 52.5 Å². The number of aryl methyl sites for hydroxylation is 2. The molecule has 0 atom stereocenters. The Kier molecular flexibility index (Phi) is 4.51. The van der Waals surface area contributed by atoms with Crippen LogP contribution in [0.2, 0.25) is 0 Å². The summed E-state index contributed by atoms with van der Waals surface area (Å²) in [4.78, 5) is 26.2. The van der Waals surface area contributed by atoms with Gasteiger partial charge in [-0.05, 0) is 32.4 Å². The minimum absolute atomic E-state index is 0.0874. The molecule has 0 radical (unpaired) electrons. The van der Waals surface area contributed by atoms with E-state index in [0.717, 1.165) is 47.0 Å². The summed E-state index contributed by atoms with van der Waals surface area (Å²) in [5.41, 5.74) is 3.95. The van der Waals surface area contributed by atoms with Gasteiger partial charge in [-0.15, -0.1) is 0 Å². The van der Waals surface area contributed by atoms with E-state index in [4.69, 9.17) is 0 Å². The number of nitrogens with zero attached hydrogens (tertiary/aromatic N) is 4. The van der Waals surface area contributed by atoms with Gasteiger partial charge in [-0.1, -0.05) is 18.2 Å². The van der Waals surface area contributed by atoms with Gasteiger partial charge in [0.15, 0.2) is 0 Å². The van der Waals surface area contributed by atoms with E-state index in [1.165, 1.54) is 0 Å². The molecule has 1 amide bonds. The smallest absolute Gasteiger partial charge is 0.254 e. The predicted octanol–water partition coefficient (Wildman–Crippen LogP) is 2.75. The summed E-state index contributed by atoms with van der Waals surface area (Å²) in [5.74, 6) is 1.83. The summed E-state index contributed by atoms with van der Waals surface area (Å²) < 4.78 is 0. The van der Waals surface area contributed by atoms with Crippen molar-refractivity contribution in [2.45, 2.75) is 33.7 Å². The van der Waals surface area contributed by atoms with Gasteiger partial charge in [0.05, 0.1) is 12.2 Å². The minimum Gasteiger partial charge on any atom is -0.360 e. The zero-order valence-electron chi connectivity index (χ0n) is 14.8. The van der Waals surface area contributed by atoms with Crippen LogP contribution in [0.3, 0.4) is 0 Å². The third-order valence-electron chi connectivity index (χ3n) is 4.65. The second-order valence-electron chi connectivity index (χ2n) is 6.33. The highest BCUT2D eigenvalue weighted by Crippen LogP contribution is 2.27. The SMILES string of the molecule is CCN(C)c1nc(C)nc2c1CN(C(=O)c1ccccc1C)CC2. The van der Waals surface area contributed by atoms with E-state index in [1.807, 2.05) is 50.1 Å². The normalized spacial score (nSPS) is 13.6. The first kappa shape index (κ1) is 16.4. The maximum absolute atomic E-state index is 12.9. The van der Waals surface area contributed by atoms with Crippen LogP contribution in [0, 0.1) is 13.8 Å². The monoisotopic (exact) mass is 324 g/mol. The number of hydrogen-bond acceptors (Lipinski definition) is 4. The first-order chi connectivity index (χ1) is 11.5. The van der Waals surface area contributed by atoms with Crippen LogP contribution in [0.5, 0.6) is 0 Å². The highest BCUT2D eigenvalue weighted by atomic mass is 16.2. The van der Waals surface area contributed by atoms with Gasteiger partial charge >= 0.3 is 0 Å². The lowest BCUT2D eigenvalue weighted by atomic mass is 10.0. The van der Waals surface area contributed by atoms with Crippen LogP contribution in [0.4, 0.5) is 5.82 Å². The molecule has 0 bridgehead atoms. The van der Waals surface area contributed by atoms with Crippen LogP contribution >= 0.6 is 0 Å². The van der Waals surface area contributed by atoms with Gasteiger partial charge in [0, 0.05) is 37.7 Å². The average Bonchev–Trinajstić information content (AvgIpc) is 2.59. The van der Waals surface area contributed by atoms with Crippen LogP contribution in [0.15, 0.2) is 24.3 Å². The molecule has 1 aliphatic heterocycles. The van der Waals surface area contributed by atoms with E-state index in [9.17, 15) is 4.79 Å². The van der Waals surface area contributed by atoms with Crippen LogP contribution in [0.1, 0.15) is 39.9 Å². The van der Waals surface area contributed by atoms with Crippen LogP contribution in [-0.2, 0) is 13.0 Å². The van der Waals surface area contributed by atoms with Gasteiger partial charge in [0.2, 0.25) is 0 Å². The van der Waals surface area contributed by atoms with E-state index in [-0.39, 0.29) is 5.91 Å². The Bertz CT molecular complexity index is 772. The number of hydrogen-bond donors (Lipinski definition) is 0. The first-order valence-corrected chi connectivity index (χ1v) is 8.43. The molecule has 0 spiro atoms. The van der Waals surface area contributed by atoms with E-state index >= 15 is 0 Å². The fourth-order valence-electron chi connectivity index (χ4n) is 3.14. The number of amides is 1. The van der Waals surface area contributed by atoms with E-state index < -0.39 is 0 Å². The predicted molar refractivity (Wildman–Crippen MR) is 95.3 cm³/mol. The number of benzene rings is 1.